The Morgan fingerprint density at radius 3 is 1.44 bits per heavy atom. The number of urea groups is 2. The van der Waals surface area contributed by atoms with Crippen LogP contribution in [0.15, 0.2) is 116 Å². The van der Waals surface area contributed by atoms with E-state index in [1.165, 1.54) is 49.1 Å². The average molecular weight is 813 g/mol. The smallest absolute Gasteiger partial charge is 0.368 e. The molecule has 19 heteroatoms. The van der Waals surface area contributed by atoms with Gasteiger partial charge in [-0.1, -0.05) is 47.9 Å². The quantitative estimate of drug-likeness (QED) is 0.0757. The van der Waals surface area contributed by atoms with Gasteiger partial charge >= 0.3 is 24.4 Å². The van der Waals surface area contributed by atoms with Gasteiger partial charge in [0.05, 0.1) is 33.6 Å². The van der Waals surface area contributed by atoms with E-state index in [4.69, 9.17) is 11.5 Å². The van der Waals surface area contributed by atoms with Gasteiger partial charge in [-0.25, -0.2) is 33.9 Å². The van der Waals surface area contributed by atoms with Gasteiger partial charge in [0.2, 0.25) is 11.9 Å². The Morgan fingerprint density at radius 1 is 0.508 bits per heavy atom. The Hall–Kier alpha value is -8.19. The summed E-state index contributed by atoms with van der Waals surface area (Å²) in [5, 5.41) is 9.18. The van der Waals surface area contributed by atoms with E-state index in [1.807, 2.05) is 0 Å². The maximum Gasteiger partial charge on any atom is 0.418 e. The fourth-order valence-corrected chi connectivity index (χ4v) is 4.65. The number of carbonyl (C=O) groups excluding carboxylic acids is 2. The van der Waals surface area contributed by atoms with Crippen LogP contribution >= 0.6 is 0 Å². The summed E-state index contributed by atoms with van der Waals surface area (Å²) < 4.78 is 91.1. The van der Waals surface area contributed by atoms with E-state index >= 15 is 0 Å². The van der Waals surface area contributed by atoms with Crippen molar-refractivity contribution >= 4 is 46.7 Å². The summed E-state index contributed by atoms with van der Waals surface area (Å²) in [6, 6.07) is 17.7. The van der Waals surface area contributed by atoms with Crippen LogP contribution in [0.3, 0.4) is 0 Å². The van der Waals surface area contributed by atoms with Crippen molar-refractivity contribution in [3.05, 3.63) is 155 Å². The lowest BCUT2D eigenvalue weighted by Gasteiger charge is -2.14. The molecule has 2 aromatic heterocycles. The molecule has 0 bridgehead atoms. The van der Waals surface area contributed by atoms with E-state index in [1.54, 1.807) is 42.5 Å². The number of aromatic nitrogens is 4. The number of carbonyl (C=O) groups is 2. The van der Waals surface area contributed by atoms with E-state index in [2.05, 4.69) is 64.9 Å². The Labute approximate surface area is 330 Å². The number of amides is 4. The van der Waals surface area contributed by atoms with Gasteiger partial charge in [0.25, 0.3) is 0 Å². The molecule has 0 atom stereocenters. The highest BCUT2D eigenvalue weighted by Gasteiger charge is 2.34. The van der Waals surface area contributed by atoms with Crippen molar-refractivity contribution in [2.45, 2.75) is 12.4 Å². The summed E-state index contributed by atoms with van der Waals surface area (Å²) in [5.41, 5.74) is 10.7. The van der Waals surface area contributed by atoms with Crippen LogP contribution in [0, 0.1) is 29.5 Å². The number of halogens is 7. The van der Waals surface area contributed by atoms with Crippen LogP contribution in [0.1, 0.15) is 33.4 Å². The topological polar surface area (TPSA) is 186 Å². The number of rotatable bonds is 4. The Balaban J connectivity index is 0.000000224. The molecule has 0 aliphatic heterocycles. The monoisotopic (exact) mass is 812 g/mol. The number of nitrogens with zero attached hydrogens (tertiary/aromatic N) is 4. The largest absolute Gasteiger partial charge is 0.418 e. The first-order valence-electron chi connectivity index (χ1n) is 16.6. The van der Waals surface area contributed by atoms with Crippen LogP contribution in [0.2, 0.25) is 0 Å². The first-order valence-corrected chi connectivity index (χ1v) is 16.6. The number of nitrogen functional groups attached to an aromatic ring is 2. The fraction of sp³-hybridized carbons (Fsp3) is 0.0500. The van der Waals surface area contributed by atoms with Gasteiger partial charge in [-0.05, 0) is 66.7 Å². The van der Waals surface area contributed by atoms with Gasteiger partial charge in [-0.2, -0.15) is 26.3 Å². The number of hydrogen-bond acceptors (Lipinski definition) is 8. The molecule has 0 radical (unpaired) electrons. The summed E-state index contributed by atoms with van der Waals surface area (Å²) in [6.45, 7) is 0. The lowest BCUT2D eigenvalue weighted by Crippen LogP contribution is -2.21. The zero-order valence-corrected chi connectivity index (χ0v) is 29.9. The van der Waals surface area contributed by atoms with Gasteiger partial charge in [-0.3, -0.25) is 0 Å². The minimum Gasteiger partial charge on any atom is -0.368 e. The second kappa shape index (κ2) is 18.6. The molecular formula is C40H27F7N10O2. The summed E-state index contributed by atoms with van der Waals surface area (Å²) in [4.78, 5) is 39.5. The summed E-state index contributed by atoms with van der Waals surface area (Å²) in [5.74, 6) is 10.7. The molecule has 0 saturated heterocycles. The number of nitrogens with one attached hydrogen (secondary N) is 4. The molecule has 6 aromatic rings. The number of hydrogen-bond donors (Lipinski definition) is 6. The number of nitrogens with two attached hydrogens (primary N) is 2. The zero-order valence-electron chi connectivity index (χ0n) is 29.9. The molecule has 4 aromatic carbocycles. The normalized spacial score (nSPS) is 10.6. The molecule has 0 saturated carbocycles. The highest BCUT2D eigenvalue weighted by Crippen LogP contribution is 2.35. The third-order valence-corrected chi connectivity index (χ3v) is 7.31. The standard InChI is InChI=1S/C20H13F4N5O.C20H14F3N5O/c21-16-7-6-14(20(22,23)24)9-17(16)29-19(30)28-15-3-1-2-12(8-15)4-5-13-10-26-18(25)27-11-13;21-20(22,23)16-6-1-2-7-17(16)28-19(29)27-15-5-3-4-13(10-15)8-9-14-11-25-18(24)26-12-14/h1-3,6-11H,(H2,25,26,27)(H2,28,29,30);1-7,10-12H,(H2,24,25,26)(H2,27,28,29). The summed E-state index contributed by atoms with van der Waals surface area (Å²) >= 11 is 0. The second-order valence-corrected chi connectivity index (χ2v) is 11.7. The third kappa shape index (κ3) is 12.9. The predicted molar refractivity (Wildman–Crippen MR) is 206 cm³/mol. The van der Waals surface area contributed by atoms with Gasteiger partial charge < -0.3 is 32.7 Å². The predicted octanol–water partition coefficient (Wildman–Crippen LogP) is 8.38. The van der Waals surface area contributed by atoms with E-state index in [9.17, 15) is 40.3 Å². The molecule has 59 heavy (non-hydrogen) atoms. The van der Waals surface area contributed by atoms with Crippen molar-refractivity contribution in [3.8, 4) is 23.7 Å². The lowest BCUT2D eigenvalue weighted by atomic mass is 10.1. The van der Waals surface area contributed by atoms with Crippen LogP contribution in [0.5, 0.6) is 0 Å². The van der Waals surface area contributed by atoms with Gasteiger partial charge in [0, 0.05) is 47.3 Å². The molecule has 0 fully saturated rings. The number of benzene rings is 4. The van der Waals surface area contributed by atoms with E-state index in [-0.39, 0.29) is 17.6 Å². The molecule has 0 unspecified atom stereocenters. The fourth-order valence-electron chi connectivity index (χ4n) is 4.65. The Morgan fingerprint density at radius 2 is 0.966 bits per heavy atom. The molecule has 12 nitrogen and oxygen atoms in total. The minimum atomic E-state index is -4.66. The maximum atomic E-state index is 13.8. The van der Waals surface area contributed by atoms with Crippen LogP contribution < -0.4 is 32.7 Å². The van der Waals surface area contributed by atoms with Crippen LogP contribution in [0.4, 0.5) is 75.0 Å². The number of anilines is 6. The highest BCUT2D eigenvalue weighted by molar-refractivity contribution is 6.01. The molecule has 8 N–H and O–H groups in total. The third-order valence-electron chi connectivity index (χ3n) is 7.31. The molecule has 4 amide bonds. The Bertz CT molecular complexity index is 2580. The van der Waals surface area contributed by atoms with Crippen molar-refractivity contribution in [2.75, 3.05) is 32.7 Å². The lowest BCUT2D eigenvalue weighted by molar-refractivity contribution is -0.138. The van der Waals surface area contributed by atoms with E-state index in [0.717, 1.165) is 6.07 Å². The van der Waals surface area contributed by atoms with Crippen molar-refractivity contribution in [3.63, 3.8) is 0 Å². The average Bonchev–Trinajstić information content (AvgIpc) is 3.18. The first kappa shape index (κ1) is 42.0. The molecule has 298 valence electrons. The second-order valence-electron chi connectivity index (χ2n) is 11.7. The Kier molecular flexibility index (Phi) is 13.3. The molecule has 6 rings (SSSR count). The van der Waals surface area contributed by atoms with Crippen LogP contribution in [-0.2, 0) is 12.4 Å². The summed E-state index contributed by atoms with van der Waals surface area (Å²) in [6.07, 6.45) is -3.39. The first-order chi connectivity index (χ1) is 28.0. The van der Waals surface area contributed by atoms with Gasteiger partial charge in [0.15, 0.2) is 0 Å². The van der Waals surface area contributed by atoms with Crippen molar-refractivity contribution in [2.24, 2.45) is 0 Å². The highest BCUT2D eigenvalue weighted by atomic mass is 19.4. The minimum absolute atomic E-state index is 0.120. The SMILES string of the molecule is Nc1ncc(C#Cc2cccc(NC(=O)Nc3cc(C(F)(F)F)ccc3F)c2)cn1.Nc1ncc(C#Cc2cccc(NC(=O)Nc3ccccc3C(F)(F)F)c2)cn1. The molecule has 0 spiro atoms. The molecule has 0 aliphatic rings. The number of para-hydroxylation sites is 1. The maximum absolute atomic E-state index is 13.8. The van der Waals surface area contributed by atoms with Crippen LogP contribution in [0.25, 0.3) is 0 Å². The zero-order chi connectivity index (χ0) is 42.6. The molecule has 2 heterocycles. The number of alkyl halides is 6. The van der Waals surface area contributed by atoms with Gasteiger partial charge in [-0.15, -0.1) is 0 Å². The van der Waals surface area contributed by atoms with E-state index < -0.39 is 47.0 Å². The van der Waals surface area contributed by atoms with Crippen LogP contribution in [-0.4, -0.2) is 32.0 Å². The van der Waals surface area contributed by atoms with Crippen molar-refractivity contribution in [1.29, 1.82) is 0 Å². The van der Waals surface area contributed by atoms with Crippen molar-refractivity contribution < 1.29 is 40.3 Å². The van der Waals surface area contributed by atoms with Gasteiger partial charge in [0.1, 0.15) is 5.82 Å². The molecular weight excluding hydrogens is 785 g/mol. The van der Waals surface area contributed by atoms with Crippen molar-refractivity contribution in [1.82, 2.24) is 19.9 Å². The van der Waals surface area contributed by atoms with E-state index in [0.29, 0.717) is 51.8 Å². The summed E-state index contributed by atoms with van der Waals surface area (Å²) in [7, 11) is 0. The molecule has 0 aliphatic carbocycles.